The summed E-state index contributed by atoms with van der Waals surface area (Å²) in [5, 5.41) is 8.51. The van der Waals surface area contributed by atoms with Gasteiger partial charge in [0.25, 0.3) is 5.56 Å². The van der Waals surface area contributed by atoms with Crippen molar-refractivity contribution in [3.8, 4) is 11.3 Å². The summed E-state index contributed by atoms with van der Waals surface area (Å²) in [5.41, 5.74) is 1.72. The molecule has 1 aliphatic heterocycles. The molecule has 4 rings (SSSR count). The maximum Gasteiger partial charge on any atom is 0.293 e. The average molecular weight is 352 g/mol. The third-order valence-electron chi connectivity index (χ3n) is 4.70. The standard InChI is InChI=1S/C18H20N6O2/c1-21-7-9-22(10-8-21)17(25)12-23-18(26)16-11-15(20-24(16)13-19-23)14-5-3-2-4-6-14/h2-6,11,13H,7-10,12H2,1H3. The Morgan fingerprint density at radius 1 is 1.12 bits per heavy atom. The Morgan fingerprint density at radius 2 is 1.85 bits per heavy atom. The summed E-state index contributed by atoms with van der Waals surface area (Å²) in [4.78, 5) is 29.1. The highest BCUT2D eigenvalue weighted by Crippen LogP contribution is 2.17. The minimum atomic E-state index is -0.315. The summed E-state index contributed by atoms with van der Waals surface area (Å²) in [6.45, 7) is 2.99. The molecule has 0 aliphatic carbocycles. The Balaban J connectivity index is 1.60. The molecule has 1 aliphatic rings. The number of likely N-dealkylation sites (N-methyl/N-ethyl adjacent to an activating group) is 1. The van der Waals surface area contributed by atoms with E-state index in [4.69, 9.17) is 0 Å². The van der Waals surface area contributed by atoms with Gasteiger partial charge in [-0.25, -0.2) is 9.20 Å². The molecule has 0 N–H and O–H groups in total. The molecule has 0 unspecified atom stereocenters. The predicted molar refractivity (Wildman–Crippen MR) is 96.8 cm³/mol. The minimum absolute atomic E-state index is 0.0507. The number of fused-ring (bicyclic) bond motifs is 1. The molecule has 1 fully saturated rings. The van der Waals surface area contributed by atoms with Crippen LogP contribution in [0.5, 0.6) is 0 Å². The number of rotatable bonds is 3. The van der Waals surface area contributed by atoms with Crippen molar-refractivity contribution in [1.29, 1.82) is 0 Å². The van der Waals surface area contributed by atoms with Gasteiger partial charge in [-0.1, -0.05) is 30.3 Å². The van der Waals surface area contributed by atoms with Crippen molar-refractivity contribution in [1.82, 2.24) is 29.2 Å². The molecular formula is C18H20N6O2. The van der Waals surface area contributed by atoms with E-state index in [9.17, 15) is 9.59 Å². The van der Waals surface area contributed by atoms with Crippen molar-refractivity contribution in [2.75, 3.05) is 33.2 Å². The zero-order valence-corrected chi connectivity index (χ0v) is 14.6. The fourth-order valence-corrected chi connectivity index (χ4v) is 3.08. The number of nitrogens with zero attached hydrogens (tertiary/aromatic N) is 6. The number of amides is 1. The van der Waals surface area contributed by atoms with E-state index in [1.807, 2.05) is 37.4 Å². The average Bonchev–Trinajstić information content (AvgIpc) is 3.10. The van der Waals surface area contributed by atoms with Gasteiger partial charge in [0.2, 0.25) is 5.91 Å². The van der Waals surface area contributed by atoms with Gasteiger partial charge >= 0.3 is 0 Å². The number of hydrogen-bond donors (Lipinski definition) is 0. The van der Waals surface area contributed by atoms with Crippen molar-refractivity contribution in [2.24, 2.45) is 0 Å². The number of piperazine rings is 1. The van der Waals surface area contributed by atoms with Crippen molar-refractivity contribution >= 4 is 11.4 Å². The molecule has 2 aromatic heterocycles. The van der Waals surface area contributed by atoms with Gasteiger partial charge in [-0.05, 0) is 13.1 Å². The van der Waals surface area contributed by atoms with Crippen LogP contribution in [-0.4, -0.2) is 68.3 Å². The van der Waals surface area contributed by atoms with Gasteiger partial charge in [0.15, 0.2) is 0 Å². The normalized spacial score (nSPS) is 15.5. The van der Waals surface area contributed by atoms with Gasteiger partial charge in [0.1, 0.15) is 18.4 Å². The van der Waals surface area contributed by atoms with Crippen LogP contribution in [0.4, 0.5) is 0 Å². The fourth-order valence-electron chi connectivity index (χ4n) is 3.08. The van der Waals surface area contributed by atoms with Gasteiger partial charge in [0, 0.05) is 31.7 Å². The van der Waals surface area contributed by atoms with Crippen LogP contribution in [0.1, 0.15) is 0 Å². The molecule has 26 heavy (non-hydrogen) atoms. The highest BCUT2D eigenvalue weighted by Gasteiger charge is 2.20. The first-order valence-corrected chi connectivity index (χ1v) is 8.59. The van der Waals surface area contributed by atoms with E-state index in [0.717, 1.165) is 18.7 Å². The van der Waals surface area contributed by atoms with E-state index in [0.29, 0.717) is 24.3 Å². The Hall–Kier alpha value is -3.00. The summed E-state index contributed by atoms with van der Waals surface area (Å²) in [7, 11) is 2.03. The quantitative estimate of drug-likeness (QED) is 0.679. The van der Waals surface area contributed by atoms with E-state index in [-0.39, 0.29) is 18.0 Å². The molecule has 0 bridgehead atoms. The van der Waals surface area contributed by atoms with E-state index in [2.05, 4.69) is 15.1 Å². The molecular weight excluding hydrogens is 332 g/mol. The van der Waals surface area contributed by atoms with Crippen molar-refractivity contribution in [3.05, 3.63) is 53.1 Å². The molecule has 1 aromatic carbocycles. The molecule has 1 saturated heterocycles. The highest BCUT2D eigenvalue weighted by atomic mass is 16.2. The van der Waals surface area contributed by atoms with E-state index >= 15 is 0 Å². The smallest absolute Gasteiger partial charge is 0.293 e. The topological polar surface area (TPSA) is 75.7 Å². The zero-order chi connectivity index (χ0) is 18.1. The van der Waals surface area contributed by atoms with Crippen molar-refractivity contribution in [3.63, 3.8) is 0 Å². The molecule has 3 aromatic rings. The molecule has 134 valence electrons. The lowest BCUT2D eigenvalue weighted by Crippen LogP contribution is -2.48. The van der Waals surface area contributed by atoms with Gasteiger partial charge in [0.05, 0.1) is 5.69 Å². The SMILES string of the molecule is CN1CCN(C(=O)Cn2ncn3nc(-c4ccccc4)cc3c2=O)CC1. The van der Waals surface area contributed by atoms with Crippen LogP contribution in [0.15, 0.2) is 47.5 Å². The number of carbonyl (C=O) groups is 1. The van der Waals surface area contributed by atoms with Gasteiger partial charge in [-0.2, -0.15) is 10.2 Å². The Labute approximate surface area is 150 Å². The summed E-state index contributed by atoms with van der Waals surface area (Å²) >= 11 is 0. The van der Waals surface area contributed by atoms with E-state index < -0.39 is 0 Å². The number of hydrogen-bond acceptors (Lipinski definition) is 5. The van der Waals surface area contributed by atoms with Crippen LogP contribution >= 0.6 is 0 Å². The van der Waals surface area contributed by atoms with Crippen molar-refractivity contribution in [2.45, 2.75) is 6.54 Å². The minimum Gasteiger partial charge on any atom is -0.339 e. The molecule has 0 saturated carbocycles. The molecule has 3 heterocycles. The summed E-state index contributed by atoms with van der Waals surface area (Å²) in [6, 6.07) is 11.4. The molecule has 0 spiro atoms. The number of carbonyl (C=O) groups excluding carboxylic acids is 1. The first-order valence-electron chi connectivity index (χ1n) is 8.59. The van der Waals surface area contributed by atoms with Crippen LogP contribution in [0.25, 0.3) is 16.8 Å². The lowest BCUT2D eigenvalue weighted by molar-refractivity contribution is -0.133. The first-order chi connectivity index (χ1) is 12.6. The third kappa shape index (κ3) is 3.11. The zero-order valence-electron chi connectivity index (χ0n) is 14.6. The van der Waals surface area contributed by atoms with Crippen molar-refractivity contribution < 1.29 is 4.79 Å². The maximum atomic E-state index is 12.7. The molecule has 8 heteroatoms. The Morgan fingerprint density at radius 3 is 2.58 bits per heavy atom. The lowest BCUT2D eigenvalue weighted by atomic mass is 10.1. The maximum absolute atomic E-state index is 12.7. The highest BCUT2D eigenvalue weighted by molar-refractivity contribution is 5.76. The van der Waals surface area contributed by atoms with Crippen LogP contribution in [0.2, 0.25) is 0 Å². The third-order valence-corrected chi connectivity index (χ3v) is 4.70. The summed E-state index contributed by atoms with van der Waals surface area (Å²) < 4.78 is 2.67. The van der Waals surface area contributed by atoms with Crippen LogP contribution in [-0.2, 0) is 11.3 Å². The molecule has 8 nitrogen and oxygen atoms in total. The second kappa shape index (κ2) is 6.72. The van der Waals surface area contributed by atoms with Gasteiger partial charge in [-0.3, -0.25) is 9.59 Å². The monoisotopic (exact) mass is 352 g/mol. The molecule has 1 amide bonds. The van der Waals surface area contributed by atoms with Gasteiger partial charge in [-0.15, -0.1) is 0 Å². The van der Waals surface area contributed by atoms with Crippen LogP contribution in [0.3, 0.4) is 0 Å². The van der Waals surface area contributed by atoms with E-state index in [1.165, 1.54) is 15.5 Å². The number of aromatic nitrogens is 4. The fraction of sp³-hybridized carbons (Fsp3) is 0.333. The van der Waals surface area contributed by atoms with Gasteiger partial charge < -0.3 is 9.80 Å². The predicted octanol–water partition coefficient (Wildman–Crippen LogP) is 0.332. The van der Waals surface area contributed by atoms with Crippen LogP contribution < -0.4 is 5.56 Å². The first kappa shape index (κ1) is 16.5. The second-order valence-electron chi connectivity index (χ2n) is 6.50. The summed E-state index contributed by atoms with van der Waals surface area (Å²) in [6.07, 6.45) is 1.47. The number of benzene rings is 1. The summed E-state index contributed by atoms with van der Waals surface area (Å²) in [5.74, 6) is -0.0835. The second-order valence-corrected chi connectivity index (χ2v) is 6.50. The molecule has 0 radical (unpaired) electrons. The largest absolute Gasteiger partial charge is 0.339 e. The Bertz CT molecular complexity index is 986. The van der Waals surface area contributed by atoms with Crippen LogP contribution in [0, 0.1) is 0 Å². The van der Waals surface area contributed by atoms with E-state index in [1.54, 1.807) is 11.0 Å². The Kier molecular flexibility index (Phi) is 4.26. The molecule has 0 atom stereocenters. The lowest BCUT2D eigenvalue weighted by Gasteiger charge is -2.32.